The molecule has 0 spiro atoms. The molecule has 84 valence electrons. The van der Waals surface area contributed by atoms with Crippen LogP contribution in [0.15, 0.2) is 16.9 Å². The number of pyridine rings is 1. The zero-order chi connectivity index (χ0) is 11.7. The molecule has 0 saturated carbocycles. The molecule has 0 saturated heterocycles. The summed E-state index contributed by atoms with van der Waals surface area (Å²) in [5.41, 5.74) is 1.54. The van der Waals surface area contributed by atoms with E-state index in [0.717, 1.165) is 9.99 Å². The number of imidazole rings is 1. The summed E-state index contributed by atoms with van der Waals surface area (Å²) >= 11 is 3.40. The van der Waals surface area contributed by atoms with Crippen LogP contribution in [0.1, 0.15) is 17.5 Å². The lowest BCUT2D eigenvalue weighted by atomic mass is 10.4. The first-order valence-electron chi connectivity index (χ1n) is 4.77. The minimum Gasteiger partial charge on any atom is -0.463 e. The van der Waals surface area contributed by atoms with Crippen LogP contribution in [0.3, 0.4) is 0 Å². The van der Waals surface area contributed by atoms with Crippen molar-refractivity contribution in [2.75, 3.05) is 7.11 Å². The normalized spacial score (nSPS) is 10.7. The first-order valence-corrected chi connectivity index (χ1v) is 5.56. The van der Waals surface area contributed by atoms with E-state index in [0.29, 0.717) is 17.9 Å². The van der Waals surface area contributed by atoms with Crippen LogP contribution in [0, 0.1) is 0 Å². The van der Waals surface area contributed by atoms with Gasteiger partial charge in [0.1, 0.15) is 5.52 Å². The van der Waals surface area contributed by atoms with Crippen molar-refractivity contribution in [2.45, 2.75) is 13.5 Å². The molecule has 2 rings (SSSR count). The summed E-state index contributed by atoms with van der Waals surface area (Å²) in [4.78, 5) is 19.8. The summed E-state index contributed by atoms with van der Waals surface area (Å²) < 4.78 is 7.30. The van der Waals surface area contributed by atoms with Gasteiger partial charge in [0.05, 0.1) is 23.3 Å². The molecule has 0 aromatic carbocycles. The summed E-state index contributed by atoms with van der Waals surface area (Å²) in [5.74, 6) is -0.140. The number of carbonyl (C=O) groups excluding carboxylic acids is 1. The van der Waals surface area contributed by atoms with Crippen LogP contribution < -0.4 is 0 Å². The molecular formula is C10H10BrN3O2. The maximum absolute atomic E-state index is 11.5. The van der Waals surface area contributed by atoms with Gasteiger partial charge in [-0.2, -0.15) is 0 Å². The molecule has 16 heavy (non-hydrogen) atoms. The Balaban J connectivity index is 2.77. The highest BCUT2D eigenvalue weighted by molar-refractivity contribution is 9.10. The van der Waals surface area contributed by atoms with Crippen LogP contribution in [0.25, 0.3) is 11.0 Å². The fraction of sp³-hybridized carbons (Fsp3) is 0.300. The number of aromatic nitrogens is 3. The molecule has 0 atom stereocenters. The van der Waals surface area contributed by atoms with E-state index in [2.05, 4.69) is 25.9 Å². The Labute approximate surface area is 101 Å². The summed E-state index contributed by atoms with van der Waals surface area (Å²) in [5, 5.41) is 0. The molecule has 0 fully saturated rings. The standard InChI is InChI=1S/C10H10BrN3O2/c1-3-14-8-6(11)4-12-5-7(8)13-9(14)10(15)16-2/h4-5H,3H2,1-2H3. The van der Waals surface area contributed by atoms with E-state index in [1.807, 2.05) is 6.92 Å². The van der Waals surface area contributed by atoms with Gasteiger partial charge in [-0.3, -0.25) is 4.98 Å². The first kappa shape index (κ1) is 11.1. The number of nitrogens with zero attached hydrogens (tertiary/aromatic N) is 3. The maximum atomic E-state index is 11.5. The molecule has 5 nitrogen and oxygen atoms in total. The number of carbonyl (C=O) groups is 1. The van der Waals surface area contributed by atoms with E-state index >= 15 is 0 Å². The molecule has 2 aromatic rings. The quantitative estimate of drug-likeness (QED) is 0.791. The number of hydrogen-bond donors (Lipinski definition) is 0. The fourth-order valence-electron chi connectivity index (χ4n) is 1.60. The molecule has 2 aromatic heterocycles. The van der Waals surface area contributed by atoms with Crippen molar-refractivity contribution in [2.24, 2.45) is 0 Å². The van der Waals surface area contributed by atoms with E-state index in [-0.39, 0.29) is 0 Å². The minimum absolute atomic E-state index is 0.300. The Hall–Kier alpha value is -1.43. The van der Waals surface area contributed by atoms with E-state index < -0.39 is 5.97 Å². The Morgan fingerprint density at radius 2 is 2.31 bits per heavy atom. The van der Waals surface area contributed by atoms with Crippen molar-refractivity contribution in [3.05, 3.63) is 22.7 Å². The predicted octanol–water partition coefficient (Wildman–Crippen LogP) is 2.00. The minimum atomic E-state index is -0.440. The van der Waals surface area contributed by atoms with Gasteiger partial charge >= 0.3 is 5.97 Å². The smallest absolute Gasteiger partial charge is 0.374 e. The van der Waals surface area contributed by atoms with Gasteiger partial charge in [0.25, 0.3) is 0 Å². The van der Waals surface area contributed by atoms with E-state index in [9.17, 15) is 4.79 Å². The van der Waals surface area contributed by atoms with Crippen LogP contribution in [-0.2, 0) is 11.3 Å². The molecule has 0 N–H and O–H groups in total. The number of fused-ring (bicyclic) bond motifs is 1. The molecule has 2 heterocycles. The SMILES string of the molecule is CCn1c(C(=O)OC)nc2cncc(Br)c21. The average Bonchev–Trinajstić information content (AvgIpc) is 2.68. The van der Waals surface area contributed by atoms with Crippen molar-refractivity contribution in [1.29, 1.82) is 0 Å². The number of hydrogen-bond acceptors (Lipinski definition) is 4. The number of methoxy groups -OCH3 is 1. The highest BCUT2D eigenvalue weighted by atomic mass is 79.9. The first-order chi connectivity index (χ1) is 7.69. The highest BCUT2D eigenvalue weighted by Crippen LogP contribution is 2.24. The van der Waals surface area contributed by atoms with E-state index in [1.165, 1.54) is 7.11 Å². The Morgan fingerprint density at radius 3 is 2.94 bits per heavy atom. The lowest BCUT2D eigenvalue weighted by Gasteiger charge is -2.04. The summed E-state index contributed by atoms with van der Waals surface area (Å²) in [6, 6.07) is 0. The lowest BCUT2D eigenvalue weighted by Crippen LogP contribution is -2.11. The van der Waals surface area contributed by atoms with Crippen molar-refractivity contribution in [1.82, 2.24) is 14.5 Å². The van der Waals surface area contributed by atoms with Crippen LogP contribution in [0.5, 0.6) is 0 Å². The van der Waals surface area contributed by atoms with Crippen LogP contribution in [-0.4, -0.2) is 27.6 Å². The van der Waals surface area contributed by atoms with Crippen molar-refractivity contribution in [3.63, 3.8) is 0 Å². The van der Waals surface area contributed by atoms with Gasteiger partial charge in [-0.15, -0.1) is 0 Å². The third kappa shape index (κ3) is 1.59. The van der Waals surface area contributed by atoms with Gasteiger partial charge in [0, 0.05) is 12.7 Å². The van der Waals surface area contributed by atoms with Crippen molar-refractivity contribution in [3.8, 4) is 0 Å². The molecule has 0 aliphatic carbocycles. The van der Waals surface area contributed by atoms with Crippen LogP contribution in [0.4, 0.5) is 0 Å². The van der Waals surface area contributed by atoms with Gasteiger partial charge in [0.15, 0.2) is 0 Å². The molecule has 0 amide bonds. The van der Waals surface area contributed by atoms with Gasteiger partial charge in [0.2, 0.25) is 5.82 Å². The van der Waals surface area contributed by atoms with Crippen molar-refractivity contribution >= 4 is 32.9 Å². The van der Waals surface area contributed by atoms with Gasteiger partial charge < -0.3 is 9.30 Å². The monoisotopic (exact) mass is 283 g/mol. The summed E-state index contributed by atoms with van der Waals surface area (Å²) in [6.07, 6.45) is 3.30. The topological polar surface area (TPSA) is 57.0 Å². The molecule has 0 radical (unpaired) electrons. The molecule has 0 aliphatic rings. The van der Waals surface area contributed by atoms with Crippen LogP contribution >= 0.6 is 15.9 Å². The zero-order valence-corrected chi connectivity index (χ0v) is 10.5. The molecule has 0 aliphatic heterocycles. The van der Waals surface area contributed by atoms with Gasteiger partial charge in [-0.05, 0) is 22.9 Å². The fourth-order valence-corrected chi connectivity index (χ4v) is 2.14. The van der Waals surface area contributed by atoms with Gasteiger partial charge in [-0.1, -0.05) is 0 Å². The van der Waals surface area contributed by atoms with E-state index in [4.69, 9.17) is 4.74 Å². The van der Waals surface area contributed by atoms with Crippen molar-refractivity contribution < 1.29 is 9.53 Å². The maximum Gasteiger partial charge on any atom is 0.374 e. The van der Waals surface area contributed by atoms with Gasteiger partial charge in [-0.25, -0.2) is 9.78 Å². The zero-order valence-electron chi connectivity index (χ0n) is 8.90. The Kier molecular flexibility index (Phi) is 2.91. The number of ether oxygens (including phenoxy) is 1. The molecule has 0 unspecified atom stereocenters. The highest BCUT2D eigenvalue weighted by Gasteiger charge is 2.18. The van der Waals surface area contributed by atoms with E-state index in [1.54, 1.807) is 17.0 Å². The molecule has 0 bridgehead atoms. The van der Waals surface area contributed by atoms with Crippen LogP contribution in [0.2, 0.25) is 0 Å². The Bertz CT molecular complexity index is 550. The second kappa shape index (κ2) is 4.21. The predicted molar refractivity (Wildman–Crippen MR) is 62.2 cm³/mol. The lowest BCUT2D eigenvalue weighted by molar-refractivity contribution is 0.0582. The number of rotatable bonds is 2. The second-order valence-corrected chi connectivity index (χ2v) is 4.01. The number of esters is 1. The molecular weight excluding hydrogens is 274 g/mol. The summed E-state index contributed by atoms with van der Waals surface area (Å²) in [7, 11) is 1.34. The third-order valence-electron chi connectivity index (χ3n) is 2.29. The largest absolute Gasteiger partial charge is 0.463 e. The summed E-state index contributed by atoms with van der Waals surface area (Å²) in [6.45, 7) is 2.59. The number of halogens is 1. The third-order valence-corrected chi connectivity index (χ3v) is 2.87. The number of aryl methyl sites for hydroxylation is 1. The molecule has 6 heteroatoms. The average molecular weight is 284 g/mol. The Morgan fingerprint density at radius 1 is 1.56 bits per heavy atom. The second-order valence-electron chi connectivity index (χ2n) is 3.16.